The molecule has 5 aliphatic heterocycles. The molecule has 130 heavy (non-hydrogen) atoms. The molecule has 5 aliphatic rings. The minimum absolute atomic E-state index is 0. The van der Waals surface area contributed by atoms with Gasteiger partial charge in [-0.2, -0.15) is 36.4 Å². The Balaban J connectivity index is 0.000000757. The first kappa shape index (κ1) is 118. The number of carbonyl (C=O) groups excluding carboxylic acids is 7. The number of benzene rings is 4. The zero-order chi connectivity index (χ0) is 92.7. The Labute approximate surface area is 818 Å². The number of aromatic nitrogens is 8. The average molecular weight is 1910 g/mol. The third kappa shape index (κ3) is 48.2. The summed E-state index contributed by atoms with van der Waals surface area (Å²) < 4.78 is 35.9. The second kappa shape index (κ2) is 62.3. The molecule has 39 heteroatoms. The van der Waals surface area contributed by atoms with Gasteiger partial charge in [0.25, 0.3) is 5.91 Å². The van der Waals surface area contributed by atoms with Crippen LogP contribution in [0.15, 0.2) is 171 Å². The van der Waals surface area contributed by atoms with Crippen molar-refractivity contribution in [3.63, 3.8) is 0 Å². The predicted octanol–water partition coefficient (Wildman–Crippen LogP) is 7.33. The molecule has 5 amide bonds. The SMILES string of the molecule is C1CCOC1.CC(C)(C)OC(=O)N1CCN(c2ncc(C(=O)O)cn2)CC1.CC(C)(C)OC(=O)N1CCNCC1.CCOC(=O)c1cnc(Cl)nc1.CCOC(=O)c1cnc(N2CCN(C(=O)OC(C)(C)C)CC2)nc1.CON(C)C(=O)c1cnc(N2CCN(C(=O)OC(C)(C)C)CC2)nc1.Cc1ccccc1.[Br-].[Mg+2].[Na+].[OH-].[c-]1ccccc1.c1ccc(-c2ccccc2)cc1. The number of hydrogen-bond donors (Lipinski definition) is 2. The molecule has 0 atom stereocenters. The number of hydrogen-bond acceptors (Lipinski definition) is 29. The zero-order valence-electron chi connectivity index (χ0n) is 78.3. The Morgan fingerprint density at radius 1 is 0.446 bits per heavy atom. The van der Waals surface area contributed by atoms with Crippen LogP contribution in [0.25, 0.3) is 11.1 Å². The molecule has 0 saturated carbocycles. The van der Waals surface area contributed by atoms with Crippen LogP contribution in [0, 0.1) is 13.0 Å². The third-order valence-corrected chi connectivity index (χ3v) is 17.5. The molecule has 9 heterocycles. The van der Waals surface area contributed by atoms with Gasteiger partial charge in [-0.3, -0.25) is 9.63 Å². The Kier molecular flexibility index (Phi) is 56.5. The van der Waals surface area contributed by atoms with Crippen LogP contribution in [-0.4, -0.2) is 314 Å². The van der Waals surface area contributed by atoms with Gasteiger partial charge in [-0.25, -0.2) is 78.5 Å². The first-order valence-corrected chi connectivity index (χ1v) is 42.1. The number of nitrogens with one attached hydrogen (secondary N) is 1. The standard InChI is InChI=1S/C16H25N5O4.C16H24N4O4.C14H20N4O4.C12H10.C9H18N2O2.C7H7ClN2O2.C7H8.C6H5.C4H8O.BrH.Mg.Na.H2O/c1-16(2,3)25-15(23)21-8-6-20(7-9-21)14-17-10-12(11-18-14)13(22)19(4)24-5;1-5-23-13(21)12-10-17-14(18-11-12)19-6-8-20(9-7-19)15(22)24-16(2,3)4;1-14(2,3)22-13(21)18-6-4-17(5-7-18)12-15-8-10(9-16-12)11(19)20;1-3-7-11(8-4-1)12-9-5-2-6-10-12;1-9(2,3)13-8(12)11-6-4-10-5-7-11;1-2-12-6(11)5-3-9-7(8)10-4-5;1-7-5-3-2-4-6-7;1-2-4-6-5-3-1;1-2-4-5-3-1;;;;/h10-11H,6-9H2,1-5H3;10-11H,5-9H2,1-4H3;8-9H,4-7H2,1-3H3,(H,19,20);1-10H;10H,4-7H2,1-3H3;3-4H,2H2,1H3;2-6H,1H3;1-5H;1-4H2;1H;;;1H2/q;;;;;;;-1;;;+2;+1;/p-2. The van der Waals surface area contributed by atoms with Gasteiger partial charge in [-0.05, 0) is 139 Å². The summed E-state index contributed by atoms with van der Waals surface area (Å²) in [6.45, 7) is 40.4. The number of piperazine rings is 4. The summed E-state index contributed by atoms with van der Waals surface area (Å²) in [7, 11) is 2.93. The van der Waals surface area contributed by atoms with E-state index in [-0.39, 0.29) is 122 Å². The zero-order valence-corrected chi connectivity index (χ0v) is 84.0. The topological polar surface area (TPSA) is 402 Å². The van der Waals surface area contributed by atoms with Crippen molar-refractivity contribution in [1.29, 1.82) is 0 Å². The van der Waals surface area contributed by atoms with E-state index in [1.54, 1.807) is 33.4 Å². The van der Waals surface area contributed by atoms with Gasteiger partial charge in [0.15, 0.2) is 0 Å². The molecular formula is C91H126BrClMgN17NaO18. The van der Waals surface area contributed by atoms with E-state index < -0.39 is 34.7 Å². The van der Waals surface area contributed by atoms with Gasteiger partial charge in [0.2, 0.25) is 23.1 Å². The van der Waals surface area contributed by atoms with Gasteiger partial charge in [0, 0.05) is 175 Å². The number of halogens is 2. The van der Waals surface area contributed by atoms with Crippen molar-refractivity contribution in [1.82, 2.24) is 69.9 Å². The smallest absolute Gasteiger partial charge is 1.00 e. The van der Waals surface area contributed by atoms with Gasteiger partial charge in [-0.1, -0.05) is 96.6 Å². The number of aromatic carboxylic acids is 1. The molecule has 35 nitrogen and oxygen atoms in total. The number of rotatable bonds is 11. The first-order chi connectivity index (χ1) is 59.9. The van der Waals surface area contributed by atoms with Gasteiger partial charge in [0.05, 0.1) is 42.6 Å². The summed E-state index contributed by atoms with van der Waals surface area (Å²) >= 11 is 5.42. The van der Waals surface area contributed by atoms with Crippen molar-refractivity contribution in [3.05, 3.63) is 210 Å². The monoisotopic (exact) mass is 1910 g/mol. The molecule has 8 aromatic rings. The summed E-state index contributed by atoms with van der Waals surface area (Å²) in [5, 5.41) is 13.2. The fourth-order valence-electron chi connectivity index (χ4n) is 11.0. The minimum atomic E-state index is -1.05. The van der Waals surface area contributed by atoms with Crippen LogP contribution in [0.2, 0.25) is 5.28 Å². The van der Waals surface area contributed by atoms with E-state index in [1.807, 2.05) is 158 Å². The van der Waals surface area contributed by atoms with Crippen LogP contribution in [0.1, 0.15) is 157 Å². The second-order valence-corrected chi connectivity index (χ2v) is 32.5. The number of ether oxygens (including phenoxy) is 7. The number of aryl methyl sites for hydroxylation is 1. The van der Waals surface area contributed by atoms with E-state index in [9.17, 15) is 38.4 Å². The Bertz CT molecular complexity index is 4420. The molecule has 700 valence electrons. The largest absolute Gasteiger partial charge is 2.00 e. The van der Waals surface area contributed by atoms with E-state index in [1.165, 1.54) is 93.3 Å². The molecule has 13 rings (SSSR count). The predicted molar refractivity (Wildman–Crippen MR) is 488 cm³/mol. The van der Waals surface area contributed by atoms with Crippen LogP contribution in [0.5, 0.6) is 0 Å². The molecule has 0 bridgehead atoms. The second-order valence-electron chi connectivity index (χ2n) is 32.2. The van der Waals surface area contributed by atoms with Crippen molar-refractivity contribution >= 4 is 101 Å². The Morgan fingerprint density at radius 3 is 0.977 bits per heavy atom. The van der Waals surface area contributed by atoms with Crippen LogP contribution >= 0.6 is 11.6 Å². The van der Waals surface area contributed by atoms with Crippen LogP contribution in [0.3, 0.4) is 0 Å². The number of carboxylic acids is 1. The summed E-state index contributed by atoms with van der Waals surface area (Å²) in [5.74, 6) is -0.709. The molecule has 0 radical (unpaired) electrons. The van der Waals surface area contributed by atoms with Crippen LogP contribution < -0.4 is 66.6 Å². The number of nitrogens with zero attached hydrogens (tertiary/aromatic N) is 16. The number of esters is 2. The fraction of sp³-hybridized carbons (Fsp3) is 0.473. The van der Waals surface area contributed by atoms with E-state index in [0.717, 1.165) is 44.5 Å². The third-order valence-electron chi connectivity index (χ3n) is 17.3. The summed E-state index contributed by atoms with van der Waals surface area (Å²) in [4.78, 5) is 143. The molecule has 0 unspecified atom stereocenters. The maximum absolute atomic E-state index is 12.1. The number of carboxylic acid groups (broad SMARTS) is 1. The summed E-state index contributed by atoms with van der Waals surface area (Å²) in [5.41, 5.74) is 3.01. The van der Waals surface area contributed by atoms with E-state index in [4.69, 9.17) is 54.7 Å². The van der Waals surface area contributed by atoms with Crippen molar-refractivity contribution in [2.75, 3.05) is 160 Å². The first-order valence-electron chi connectivity index (χ1n) is 41.7. The Hall–Kier alpha value is -10.1. The molecule has 4 aromatic heterocycles. The summed E-state index contributed by atoms with van der Waals surface area (Å²) in [6.07, 6.45) is 12.5. The van der Waals surface area contributed by atoms with Crippen molar-refractivity contribution in [2.45, 2.75) is 139 Å². The number of carbonyl (C=O) groups is 8. The molecule has 3 N–H and O–H groups in total. The molecular weight excluding hydrogens is 1780 g/mol. The molecule has 4 aromatic carbocycles. The summed E-state index contributed by atoms with van der Waals surface area (Å²) in [6, 6.07) is 43.5. The van der Waals surface area contributed by atoms with Gasteiger partial charge in [-0.15, -0.1) is 0 Å². The minimum Gasteiger partial charge on any atom is -1.00 e. The number of anilines is 3. The van der Waals surface area contributed by atoms with E-state index in [2.05, 4.69) is 119 Å². The molecule has 5 fully saturated rings. The number of amides is 5. The maximum atomic E-state index is 12.1. The quantitative estimate of drug-likeness (QED) is 0.0319. The van der Waals surface area contributed by atoms with Crippen LogP contribution in [0.4, 0.5) is 37.0 Å². The van der Waals surface area contributed by atoms with E-state index >= 15 is 0 Å². The maximum Gasteiger partial charge on any atom is 2.00 e. The van der Waals surface area contributed by atoms with Gasteiger partial charge in [0.1, 0.15) is 22.4 Å². The van der Waals surface area contributed by atoms with Gasteiger partial charge >= 0.3 is 94.9 Å². The van der Waals surface area contributed by atoms with E-state index in [0.29, 0.717) is 126 Å². The molecule has 5 saturated heterocycles. The van der Waals surface area contributed by atoms with Crippen LogP contribution in [-0.2, 0) is 38.0 Å². The number of hydroxylamine groups is 2. The fourth-order valence-corrected chi connectivity index (χ4v) is 11.1. The average Bonchev–Trinajstić information content (AvgIpc) is 0.940. The van der Waals surface area contributed by atoms with Crippen molar-refractivity contribution in [2.24, 2.45) is 0 Å². The van der Waals surface area contributed by atoms with Gasteiger partial charge < -0.3 is 100 Å². The van der Waals surface area contributed by atoms with Crippen molar-refractivity contribution in [3.8, 4) is 11.1 Å². The molecule has 0 spiro atoms. The molecule has 0 aliphatic carbocycles. The Morgan fingerprint density at radius 2 is 0.731 bits per heavy atom. The normalized spacial score (nSPS) is 13.7. The van der Waals surface area contributed by atoms with Crippen molar-refractivity contribution < 1.29 is 133 Å².